The Kier molecular flexibility index (Phi) is 78.0. The first-order valence-electron chi connectivity index (χ1n) is 42.3. The molecule has 9 nitrogen and oxygen atoms in total. The summed E-state index contributed by atoms with van der Waals surface area (Å²) >= 11 is 0. The number of hydrogen-bond donors (Lipinski definition) is 0. The first-order valence-corrected chi connectivity index (χ1v) is 42.3. The average Bonchev–Trinajstić information content (AvgIpc) is 1.01. The third-order valence-electron chi connectivity index (χ3n) is 18.0. The minimum absolute atomic E-state index is 0.143. The molecule has 0 aromatic heterocycles. The molecule has 9 heteroatoms. The number of quaternary nitrogens is 1. The number of unbranched alkanes of at least 4 members (excludes halogenated alkanes) is 34. The number of carboxylic acid groups (broad SMARTS) is 1. The lowest BCUT2D eigenvalue weighted by Gasteiger charge is -2.26. The Bertz CT molecular complexity index is 2310. The predicted octanol–water partition coefficient (Wildman–Crippen LogP) is 26.4. The molecule has 0 saturated carbocycles. The van der Waals surface area contributed by atoms with Crippen LogP contribution in [0.5, 0.6) is 0 Å². The van der Waals surface area contributed by atoms with Crippen LogP contribution >= 0.6 is 0 Å². The van der Waals surface area contributed by atoms with Crippen LogP contribution in [-0.2, 0) is 33.3 Å². The van der Waals surface area contributed by atoms with Gasteiger partial charge in [-0.3, -0.25) is 9.59 Å². The van der Waals surface area contributed by atoms with E-state index in [0.717, 1.165) is 128 Å². The summed E-state index contributed by atoms with van der Waals surface area (Å²) in [7, 11) is 5.94. The zero-order valence-corrected chi connectivity index (χ0v) is 67.1. The number of carbonyl (C=O) groups excluding carboxylic acids is 3. The van der Waals surface area contributed by atoms with E-state index < -0.39 is 24.3 Å². The summed E-state index contributed by atoms with van der Waals surface area (Å²) in [5.74, 6) is -2.27. The lowest BCUT2D eigenvalue weighted by atomic mass is 10.0. The molecule has 0 aliphatic rings. The molecule has 0 aromatic rings. The van der Waals surface area contributed by atoms with E-state index in [1.165, 1.54) is 186 Å². The Balaban J connectivity index is 4.02. The summed E-state index contributed by atoms with van der Waals surface area (Å²) in [6, 6.07) is 0. The summed E-state index contributed by atoms with van der Waals surface area (Å²) in [5.41, 5.74) is 0. The molecule has 0 bridgehead atoms. The van der Waals surface area contributed by atoms with Gasteiger partial charge in [-0.25, -0.2) is 0 Å². The van der Waals surface area contributed by atoms with Crippen LogP contribution in [0.15, 0.2) is 170 Å². The fourth-order valence-corrected chi connectivity index (χ4v) is 11.6. The van der Waals surface area contributed by atoms with Crippen LogP contribution in [-0.4, -0.2) is 82.3 Å². The van der Waals surface area contributed by atoms with Gasteiger partial charge in [0.25, 0.3) is 0 Å². The average molecular weight is 1430 g/mol. The number of nitrogens with zero attached hydrogens (tertiary/aromatic N) is 1. The molecule has 0 aliphatic carbocycles. The highest BCUT2D eigenvalue weighted by Crippen LogP contribution is 2.18. The van der Waals surface area contributed by atoms with Gasteiger partial charge in [0.2, 0.25) is 0 Å². The van der Waals surface area contributed by atoms with Gasteiger partial charge in [0.15, 0.2) is 12.4 Å². The summed E-state index contributed by atoms with van der Waals surface area (Å²) < 4.78 is 22.9. The molecule has 2 atom stereocenters. The zero-order valence-electron chi connectivity index (χ0n) is 67.1. The maximum absolute atomic E-state index is 13.0. The Hall–Kier alpha value is -5.35. The fourth-order valence-electron chi connectivity index (χ4n) is 11.6. The van der Waals surface area contributed by atoms with Gasteiger partial charge in [-0.15, -0.1) is 0 Å². The number of carboxylic acids is 1. The molecule has 0 heterocycles. The highest BCUT2D eigenvalue weighted by molar-refractivity contribution is 5.70. The zero-order chi connectivity index (χ0) is 74.6. The number of rotatable bonds is 77. The fraction of sp³-hybridized carbons (Fsp3) is 0.670. The molecule has 0 fully saturated rings. The molecule has 0 aromatic carbocycles. The standard InChI is InChI=1S/C94H157NO8/c1-6-8-10-12-14-16-18-20-22-24-26-28-30-32-34-36-38-40-42-44-45-46-47-49-51-53-55-57-59-61-63-65-67-69-71-73-75-77-79-81-83-85-92(97)103-90(89-102-94(93(98)99)100-87-86-95(3,4)5)88-101-91(96)84-82-80-78-76-74-72-70-68-66-64-62-60-58-56-54-52-50-48-43-41-39-37-35-33-31-29-27-25-23-21-19-17-15-13-11-9-7-2/h8-11,14-17,20-23,26-29,32-35,38-41,44-45,48,50,90,94H,6-7,12-13,18-19,24-25,30-31,36-37,42-43,46-47,49,51-89H2,1-5H3/b10-8-,11-9-,16-14-,17-15-,22-20-,23-21-,28-26-,29-27-,34-32-,35-33-,40-38-,41-39-,45-44-,50-48-. The van der Waals surface area contributed by atoms with Gasteiger partial charge in [0.05, 0.1) is 40.3 Å². The number of ether oxygens (including phenoxy) is 4. The van der Waals surface area contributed by atoms with Gasteiger partial charge in [-0.05, 0) is 128 Å². The smallest absolute Gasteiger partial charge is 0.306 e. The van der Waals surface area contributed by atoms with E-state index >= 15 is 0 Å². The molecule has 0 rings (SSSR count). The third kappa shape index (κ3) is 83.8. The van der Waals surface area contributed by atoms with Crippen molar-refractivity contribution >= 4 is 17.9 Å². The molecule has 103 heavy (non-hydrogen) atoms. The number of likely N-dealkylation sites (N-methyl/N-ethyl adjacent to an activating group) is 1. The van der Waals surface area contributed by atoms with E-state index in [9.17, 15) is 19.5 Å². The van der Waals surface area contributed by atoms with Crippen molar-refractivity contribution in [2.45, 2.75) is 360 Å². The second-order valence-electron chi connectivity index (χ2n) is 29.0. The summed E-state index contributed by atoms with van der Waals surface area (Å²) in [6.07, 6.45) is 121. The Labute approximate surface area is 635 Å². The van der Waals surface area contributed by atoms with E-state index in [4.69, 9.17) is 18.9 Å². The van der Waals surface area contributed by atoms with Crippen molar-refractivity contribution in [1.29, 1.82) is 0 Å². The molecule has 0 amide bonds. The lowest BCUT2D eigenvalue weighted by Crippen LogP contribution is -2.44. The van der Waals surface area contributed by atoms with Crippen LogP contribution in [0.3, 0.4) is 0 Å². The predicted molar refractivity (Wildman–Crippen MR) is 444 cm³/mol. The second kappa shape index (κ2) is 82.3. The lowest BCUT2D eigenvalue weighted by molar-refractivity contribution is -0.870. The van der Waals surface area contributed by atoms with E-state index in [-0.39, 0.29) is 38.6 Å². The number of carbonyl (C=O) groups is 3. The number of allylic oxidation sites excluding steroid dienone is 28. The minimum atomic E-state index is -1.63. The number of aliphatic carboxylic acids is 1. The quantitative estimate of drug-likeness (QED) is 0.0195. The maximum Gasteiger partial charge on any atom is 0.306 e. The molecule has 2 unspecified atom stereocenters. The summed E-state index contributed by atoms with van der Waals surface area (Å²) in [5, 5.41) is 11.9. The van der Waals surface area contributed by atoms with Crippen LogP contribution < -0.4 is 5.11 Å². The minimum Gasteiger partial charge on any atom is -0.545 e. The van der Waals surface area contributed by atoms with Crippen molar-refractivity contribution in [2.24, 2.45) is 0 Å². The maximum atomic E-state index is 13.0. The molecule has 0 saturated heterocycles. The Morgan fingerprint density at radius 2 is 0.524 bits per heavy atom. The van der Waals surface area contributed by atoms with Crippen molar-refractivity contribution < 1.29 is 42.9 Å². The van der Waals surface area contributed by atoms with Crippen LogP contribution in [0.25, 0.3) is 0 Å². The Morgan fingerprint density at radius 1 is 0.291 bits per heavy atom. The second-order valence-corrected chi connectivity index (χ2v) is 29.0. The van der Waals surface area contributed by atoms with Crippen LogP contribution in [0.4, 0.5) is 0 Å². The van der Waals surface area contributed by atoms with Crippen LogP contribution in [0, 0.1) is 0 Å². The van der Waals surface area contributed by atoms with E-state index in [2.05, 4.69) is 184 Å². The van der Waals surface area contributed by atoms with Gasteiger partial charge >= 0.3 is 11.9 Å². The SMILES string of the molecule is CC/C=C\C/C=C\C/C=C\C/C=C\C/C=C\C/C=C\C/C=C\CCCCCCCCCCCCCCCCCCCCCC(=O)OC(COC(=O)CCCCCCCCCCCCCCCCC/C=C\C/C=C\C/C=C\C/C=C\C/C=C\C/C=C\C/C=C\CC)COC(OCC[N+](C)(C)C)C(=O)[O-]. The molecule has 0 spiro atoms. The molecule has 0 aliphatic heterocycles. The van der Waals surface area contributed by atoms with Crippen LogP contribution in [0.1, 0.15) is 348 Å². The van der Waals surface area contributed by atoms with Gasteiger partial charge in [0.1, 0.15) is 13.2 Å². The van der Waals surface area contributed by atoms with E-state index in [1.54, 1.807) is 0 Å². The molecule has 586 valence electrons. The molecule has 0 radical (unpaired) electrons. The number of esters is 2. The monoisotopic (exact) mass is 1430 g/mol. The van der Waals surface area contributed by atoms with Gasteiger partial charge in [-0.1, -0.05) is 377 Å². The highest BCUT2D eigenvalue weighted by atomic mass is 16.7. The van der Waals surface area contributed by atoms with Crippen molar-refractivity contribution in [3.05, 3.63) is 170 Å². The van der Waals surface area contributed by atoms with Crippen molar-refractivity contribution in [1.82, 2.24) is 0 Å². The molecular formula is C94H157NO8. The van der Waals surface area contributed by atoms with Crippen LogP contribution in [0.2, 0.25) is 0 Å². The topological polar surface area (TPSA) is 111 Å². The van der Waals surface area contributed by atoms with Crippen molar-refractivity contribution in [3.8, 4) is 0 Å². The van der Waals surface area contributed by atoms with Gasteiger partial charge in [-0.2, -0.15) is 0 Å². The first kappa shape index (κ1) is 97.7. The summed E-state index contributed by atoms with van der Waals surface area (Å²) in [4.78, 5) is 37.7. The molecule has 0 N–H and O–H groups in total. The molecular weight excluding hydrogens is 1270 g/mol. The normalized spacial score (nSPS) is 13.5. The Morgan fingerprint density at radius 3 is 0.777 bits per heavy atom. The van der Waals surface area contributed by atoms with E-state index in [1.807, 2.05) is 21.1 Å². The highest BCUT2D eigenvalue weighted by Gasteiger charge is 2.22. The number of hydrogen-bond acceptors (Lipinski definition) is 8. The van der Waals surface area contributed by atoms with Crippen molar-refractivity contribution in [2.75, 3.05) is 47.5 Å². The summed E-state index contributed by atoms with van der Waals surface area (Å²) in [6.45, 7) is 4.54. The van der Waals surface area contributed by atoms with Gasteiger partial charge < -0.3 is 33.3 Å². The largest absolute Gasteiger partial charge is 0.545 e. The van der Waals surface area contributed by atoms with E-state index in [0.29, 0.717) is 17.4 Å². The third-order valence-corrected chi connectivity index (χ3v) is 18.0. The van der Waals surface area contributed by atoms with Crippen molar-refractivity contribution in [3.63, 3.8) is 0 Å². The van der Waals surface area contributed by atoms with Gasteiger partial charge in [0, 0.05) is 12.8 Å². The first-order chi connectivity index (χ1) is 50.6.